The zero-order valence-corrected chi connectivity index (χ0v) is 13.8. The molecule has 1 N–H and O–H groups in total. The predicted octanol–water partition coefficient (Wildman–Crippen LogP) is 1.47. The highest BCUT2D eigenvalue weighted by Gasteiger charge is 2.56. The van der Waals surface area contributed by atoms with Crippen molar-refractivity contribution < 1.29 is 28.2 Å². The number of halogens is 1. The lowest BCUT2D eigenvalue weighted by Crippen LogP contribution is -2.46. The van der Waals surface area contributed by atoms with Crippen LogP contribution in [0.15, 0.2) is 24.3 Å². The molecule has 1 aromatic rings. The summed E-state index contributed by atoms with van der Waals surface area (Å²) in [7, 11) is 0. The number of benzene rings is 1. The Labute approximate surface area is 144 Å². The van der Waals surface area contributed by atoms with E-state index in [-0.39, 0.29) is 30.9 Å². The molecule has 7 nitrogen and oxygen atoms in total. The van der Waals surface area contributed by atoms with Crippen molar-refractivity contribution in [3.8, 4) is 5.75 Å². The Morgan fingerprint density at radius 3 is 2.60 bits per heavy atom. The van der Waals surface area contributed by atoms with Crippen molar-refractivity contribution in [3.05, 3.63) is 30.1 Å². The number of rotatable bonds is 7. The number of esters is 1. The largest absolute Gasteiger partial charge is 0.490 e. The number of nitrogens with one attached hydrogen (secondary N) is 1. The Kier molecular flexibility index (Phi) is 4.61. The van der Waals surface area contributed by atoms with Crippen LogP contribution >= 0.6 is 0 Å². The van der Waals surface area contributed by atoms with E-state index in [0.29, 0.717) is 5.75 Å². The van der Waals surface area contributed by atoms with Crippen LogP contribution in [0.3, 0.4) is 0 Å². The summed E-state index contributed by atoms with van der Waals surface area (Å²) in [5.41, 5.74) is -0.914. The fourth-order valence-corrected chi connectivity index (χ4v) is 2.82. The van der Waals surface area contributed by atoms with Crippen LogP contribution in [-0.2, 0) is 14.3 Å². The van der Waals surface area contributed by atoms with Gasteiger partial charge in [-0.25, -0.2) is 9.18 Å². The third kappa shape index (κ3) is 3.72. The number of amides is 3. The van der Waals surface area contributed by atoms with Gasteiger partial charge in [0.2, 0.25) is 0 Å². The molecule has 1 aliphatic heterocycles. The van der Waals surface area contributed by atoms with Crippen molar-refractivity contribution in [2.24, 2.45) is 5.92 Å². The second-order valence-corrected chi connectivity index (χ2v) is 6.32. The van der Waals surface area contributed by atoms with E-state index >= 15 is 0 Å². The van der Waals surface area contributed by atoms with E-state index in [1.165, 1.54) is 24.3 Å². The first-order valence-electron chi connectivity index (χ1n) is 8.08. The number of urea groups is 1. The molecule has 25 heavy (non-hydrogen) atoms. The van der Waals surface area contributed by atoms with Crippen LogP contribution in [0.25, 0.3) is 0 Å². The van der Waals surface area contributed by atoms with Gasteiger partial charge in [0.1, 0.15) is 36.9 Å². The summed E-state index contributed by atoms with van der Waals surface area (Å²) in [6, 6.07) is 4.87. The molecule has 0 aromatic heterocycles. The average molecular weight is 350 g/mol. The third-order valence-corrected chi connectivity index (χ3v) is 4.41. The van der Waals surface area contributed by atoms with Crippen LogP contribution in [0, 0.1) is 11.7 Å². The molecule has 1 saturated carbocycles. The molecule has 134 valence electrons. The highest BCUT2D eigenvalue weighted by molar-refractivity contribution is 6.08. The Balaban J connectivity index is 1.42. The van der Waals surface area contributed by atoms with E-state index in [2.05, 4.69) is 5.32 Å². The maximum atomic E-state index is 12.8. The molecule has 0 spiro atoms. The molecule has 1 unspecified atom stereocenters. The molecule has 2 aliphatic rings. The predicted molar refractivity (Wildman–Crippen MR) is 84.2 cm³/mol. The molecule has 1 atom stereocenters. The Morgan fingerprint density at radius 1 is 1.28 bits per heavy atom. The lowest BCUT2D eigenvalue weighted by atomic mass is 9.96. The summed E-state index contributed by atoms with van der Waals surface area (Å²) in [5.74, 6) is -0.864. The van der Waals surface area contributed by atoms with Gasteiger partial charge in [0.25, 0.3) is 5.91 Å². The lowest BCUT2D eigenvalue weighted by molar-refractivity contribution is -0.148. The minimum atomic E-state index is -0.914. The number of imide groups is 1. The van der Waals surface area contributed by atoms with Crippen molar-refractivity contribution in [2.75, 3.05) is 19.8 Å². The number of hydrogen-bond acceptors (Lipinski definition) is 5. The molecule has 2 fully saturated rings. The maximum absolute atomic E-state index is 12.8. The Bertz CT molecular complexity index is 689. The van der Waals surface area contributed by atoms with Gasteiger partial charge in [-0.3, -0.25) is 14.5 Å². The molecule has 0 radical (unpaired) electrons. The van der Waals surface area contributed by atoms with Crippen molar-refractivity contribution in [3.63, 3.8) is 0 Å². The monoisotopic (exact) mass is 350 g/mol. The molecule has 1 heterocycles. The van der Waals surface area contributed by atoms with Gasteiger partial charge in [0.15, 0.2) is 0 Å². The summed E-state index contributed by atoms with van der Waals surface area (Å²) >= 11 is 0. The van der Waals surface area contributed by atoms with E-state index in [4.69, 9.17) is 9.47 Å². The first-order chi connectivity index (χ1) is 11.9. The summed E-state index contributed by atoms with van der Waals surface area (Å²) in [4.78, 5) is 37.0. The maximum Gasteiger partial charge on any atom is 0.326 e. The van der Waals surface area contributed by atoms with E-state index < -0.39 is 24.1 Å². The quantitative estimate of drug-likeness (QED) is 0.457. The van der Waals surface area contributed by atoms with E-state index in [1.54, 1.807) is 6.92 Å². The third-order valence-electron chi connectivity index (χ3n) is 4.41. The SMILES string of the molecule is CC1(C2CC2)NC(=O)N(CC(=O)OCCOc2ccc(F)cc2)C1=O. The lowest BCUT2D eigenvalue weighted by Gasteiger charge is -2.20. The number of nitrogens with zero attached hydrogens (tertiary/aromatic N) is 1. The molecule has 1 saturated heterocycles. The molecule has 8 heteroatoms. The van der Waals surface area contributed by atoms with Crippen molar-refractivity contribution >= 4 is 17.9 Å². The van der Waals surface area contributed by atoms with Gasteiger partial charge in [-0.15, -0.1) is 0 Å². The van der Waals surface area contributed by atoms with Crippen LogP contribution < -0.4 is 10.1 Å². The van der Waals surface area contributed by atoms with Gasteiger partial charge in [0, 0.05) is 0 Å². The van der Waals surface area contributed by atoms with Crippen molar-refractivity contribution in [1.29, 1.82) is 0 Å². The van der Waals surface area contributed by atoms with Crippen LogP contribution in [0.1, 0.15) is 19.8 Å². The van der Waals surface area contributed by atoms with Crippen LogP contribution in [0.5, 0.6) is 5.75 Å². The van der Waals surface area contributed by atoms with Crippen molar-refractivity contribution in [2.45, 2.75) is 25.3 Å². The number of hydrogen-bond donors (Lipinski definition) is 1. The normalized spacial score (nSPS) is 22.7. The number of ether oxygens (including phenoxy) is 2. The number of carbonyl (C=O) groups excluding carboxylic acids is 3. The van der Waals surface area contributed by atoms with Gasteiger partial charge in [0.05, 0.1) is 0 Å². The van der Waals surface area contributed by atoms with E-state index in [1.807, 2.05) is 0 Å². The summed E-state index contributed by atoms with van der Waals surface area (Å²) in [6.07, 6.45) is 1.78. The Hall–Kier alpha value is -2.64. The molecule has 3 amide bonds. The minimum absolute atomic E-state index is 0.0419. The van der Waals surface area contributed by atoms with Crippen LogP contribution in [0.2, 0.25) is 0 Å². The smallest absolute Gasteiger partial charge is 0.326 e. The van der Waals surface area contributed by atoms with Gasteiger partial charge >= 0.3 is 12.0 Å². The van der Waals surface area contributed by atoms with Crippen LogP contribution in [-0.4, -0.2) is 48.1 Å². The molecular formula is C17H19FN2O5. The summed E-state index contributed by atoms with van der Waals surface area (Å²) < 4.78 is 23.0. The zero-order valence-electron chi connectivity index (χ0n) is 13.8. The molecular weight excluding hydrogens is 331 g/mol. The zero-order chi connectivity index (χ0) is 18.0. The molecule has 3 rings (SSSR count). The number of carbonyl (C=O) groups is 3. The van der Waals surface area contributed by atoms with Crippen LogP contribution in [0.4, 0.5) is 9.18 Å². The standard InChI is InChI=1S/C17H19FN2O5/c1-17(11-2-3-11)15(22)20(16(23)19-17)10-14(21)25-9-8-24-13-6-4-12(18)5-7-13/h4-7,11H,2-3,8-10H2,1H3,(H,19,23). The molecule has 1 aromatic carbocycles. The summed E-state index contributed by atoms with van der Waals surface area (Å²) in [6.45, 7) is 1.30. The second-order valence-electron chi connectivity index (χ2n) is 6.32. The molecule has 1 aliphatic carbocycles. The highest BCUT2D eigenvalue weighted by Crippen LogP contribution is 2.42. The first kappa shape index (κ1) is 17.2. The first-order valence-corrected chi connectivity index (χ1v) is 8.08. The second kappa shape index (κ2) is 6.70. The minimum Gasteiger partial charge on any atom is -0.490 e. The van der Waals surface area contributed by atoms with Gasteiger partial charge in [-0.2, -0.15) is 0 Å². The fourth-order valence-electron chi connectivity index (χ4n) is 2.82. The Morgan fingerprint density at radius 2 is 1.96 bits per heavy atom. The fraction of sp³-hybridized carbons (Fsp3) is 0.471. The van der Waals surface area contributed by atoms with Gasteiger partial charge in [-0.1, -0.05) is 0 Å². The van der Waals surface area contributed by atoms with Crippen molar-refractivity contribution in [1.82, 2.24) is 10.2 Å². The van der Waals surface area contributed by atoms with E-state index in [9.17, 15) is 18.8 Å². The molecule has 0 bridgehead atoms. The average Bonchev–Trinajstić information content (AvgIpc) is 3.40. The summed E-state index contributed by atoms with van der Waals surface area (Å²) in [5, 5.41) is 2.67. The van der Waals surface area contributed by atoms with Gasteiger partial charge in [-0.05, 0) is 49.9 Å². The topological polar surface area (TPSA) is 84.9 Å². The van der Waals surface area contributed by atoms with Gasteiger partial charge < -0.3 is 14.8 Å². The van der Waals surface area contributed by atoms with E-state index in [0.717, 1.165) is 17.7 Å². The highest BCUT2D eigenvalue weighted by atomic mass is 19.1.